The molecule has 0 atom stereocenters. The minimum absolute atomic E-state index is 0.631. The van der Waals surface area contributed by atoms with Gasteiger partial charge in [0.25, 0.3) is 0 Å². The van der Waals surface area contributed by atoms with Crippen molar-refractivity contribution in [1.82, 2.24) is 19.6 Å². The van der Waals surface area contributed by atoms with Crippen LogP contribution in [0.5, 0.6) is 0 Å². The molecule has 0 bridgehead atoms. The number of pyridine rings is 1. The average Bonchev–Trinajstić information content (AvgIpc) is 3.02. The molecule has 4 rings (SSSR count). The Hall–Kier alpha value is -2.44. The summed E-state index contributed by atoms with van der Waals surface area (Å²) in [4.78, 5) is 8.84. The number of aromatic nitrogens is 4. The van der Waals surface area contributed by atoms with Gasteiger partial charge >= 0.3 is 0 Å². The first-order chi connectivity index (χ1) is 12.2. The molecule has 0 saturated heterocycles. The van der Waals surface area contributed by atoms with Gasteiger partial charge in [-0.1, -0.05) is 35.9 Å². The fourth-order valence-electron chi connectivity index (χ4n) is 2.56. The molecule has 0 radical (unpaired) electrons. The van der Waals surface area contributed by atoms with Gasteiger partial charge in [-0.05, 0) is 33.6 Å². The van der Waals surface area contributed by atoms with Crippen molar-refractivity contribution in [2.45, 2.75) is 6.54 Å². The van der Waals surface area contributed by atoms with E-state index in [2.05, 4.69) is 31.3 Å². The third-order valence-corrected chi connectivity index (χ3v) is 4.66. The molecule has 25 heavy (non-hydrogen) atoms. The van der Waals surface area contributed by atoms with E-state index < -0.39 is 0 Å². The van der Waals surface area contributed by atoms with Gasteiger partial charge < -0.3 is 5.32 Å². The highest BCUT2D eigenvalue weighted by atomic mass is 79.9. The third kappa shape index (κ3) is 3.23. The molecular formula is C18H13BrClN5. The van der Waals surface area contributed by atoms with Gasteiger partial charge in [-0.2, -0.15) is 9.61 Å². The molecule has 0 fully saturated rings. The molecule has 5 nitrogen and oxygen atoms in total. The van der Waals surface area contributed by atoms with E-state index in [1.54, 1.807) is 16.9 Å². The Bertz CT molecular complexity index is 1030. The van der Waals surface area contributed by atoms with Crippen molar-refractivity contribution >= 4 is 39.0 Å². The Morgan fingerprint density at radius 1 is 1.12 bits per heavy atom. The molecule has 3 heterocycles. The maximum atomic E-state index is 6.35. The van der Waals surface area contributed by atoms with E-state index in [1.165, 1.54) is 0 Å². The molecule has 0 aliphatic rings. The average molecular weight is 415 g/mol. The summed E-state index contributed by atoms with van der Waals surface area (Å²) in [6.07, 6.45) is 5.32. The first-order valence-corrected chi connectivity index (χ1v) is 8.81. The van der Waals surface area contributed by atoms with Crippen molar-refractivity contribution in [2.75, 3.05) is 5.32 Å². The molecule has 7 heteroatoms. The first-order valence-electron chi connectivity index (χ1n) is 7.64. The number of hydrogen-bond acceptors (Lipinski definition) is 4. The maximum absolute atomic E-state index is 6.35. The molecule has 0 spiro atoms. The predicted octanol–water partition coefficient (Wildman–Crippen LogP) is 4.82. The van der Waals surface area contributed by atoms with Crippen LogP contribution in [0.2, 0.25) is 5.02 Å². The van der Waals surface area contributed by atoms with E-state index in [1.807, 2.05) is 48.7 Å². The predicted molar refractivity (Wildman–Crippen MR) is 103 cm³/mol. The molecule has 1 N–H and O–H groups in total. The van der Waals surface area contributed by atoms with Crippen molar-refractivity contribution in [3.8, 4) is 11.3 Å². The second kappa shape index (κ2) is 6.82. The highest BCUT2D eigenvalue weighted by molar-refractivity contribution is 9.10. The number of halogens is 2. The van der Waals surface area contributed by atoms with Crippen molar-refractivity contribution in [2.24, 2.45) is 0 Å². The van der Waals surface area contributed by atoms with E-state index in [0.717, 1.165) is 32.8 Å². The molecule has 0 saturated carbocycles. The highest BCUT2D eigenvalue weighted by Gasteiger charge is 2.13. The summed E-state index contributed by atoms with van der Waals surface area (Å²) in [5.41, 5.74) is 3.47. The summed E-state index contributed by atoms with van der Waals surface area (Å²) >= 11 is 9.85. The lowest BCUT2D eigenvalue weighted by molar-refractivity contribution is 0.925. The Labute approximate surface area is 157 Å². The van der Waals surface area contributed by atoms with Gasteiger partial charge in [0.15, 0.2) is 5.65 Å². The van der Waals surface area contributed by atoms with Crippen molar-refractivity contribution in [3.63, 3.8) is 0 Å². The topological polar surface area (TPSA) is 55.1 Å². The van der Waals surface area contributed by atoms with Gasteiger partial charge in [0.1, 0.15) is 5.82 Å². The molecule has 1 aromatic carbocycles. The second-order valence-electron chi connectivity index (χ2n) is 5.45. The van der Waals surface area contributed by atoms with Gasteiger partial charge in [0.2, 0.25) is 0 Å². The smallest absolute Gasteiger partial charge is 0.172 e. The minimum Gasteiger partial charge on any atom is -0.366 e. The quantitative estimate of drug-likeness (QED) is 0.520. The van der Waals surface area contributed by atoms with Gasteiger partial charge in [-0.25, -0.2) is 4.98 Å². The zero-order valence-electron chi connectivity index (χ0n) is 13.0. The molecule has 0 unspecified atom stereocenters. The molecule has 4 aromatic rings. The van der Waals surface area contributed by atoms with E-state index in [-0.39, 0.29) is 0 Å². The Morgan fingerprint density at radius 3 is 2.80 bits per heavy atom. The molecular weight excluding hydrogens is 402 g/mol. The molecule has 0 amide bonds. The Balaban J connectivity index is 1.78. The number of rotatable bonds is 4. The fourth-order valence-corrected chi connectivity index (χ4v) is 3.14. The SMILES string of the molecule is Clc1ccccc1-c1cc(NCc2cccnc2)n2ncc(Br)c2n1. The van der Waals surface area contributed by atoms with Crippen LogP contribution in [0.3, 0.4) is 0 Å². The van der Waals surface area contributed by atoms with E-state index in [9.17, 15) is 0 Å². The van der Waals surface area contributed by atoms with Crippen LogP contribution in [-0.2, 0) is 6.54 Å². The van der Waals surface area contributed by atoms with Gasteiger partial charge in [0.05, 0.1) is 16.4 Å². The number of benzene rings is 1. The van der Waals surface area contributed by atoms with Gasteiger partial charge in [0, 0.05) is 35.6 Å². The molecule has 0 aliphatic heterocycles. The molecule has 124 valence electrons. The van der Waals surface area contributed by atoms with Gasteiger partial charge in [-0.3, -0.25) is 4.98 Å². The lowest BCUT2D eigenvalue weighted by Gasteiger charge is -2.11. The maximum Gasteiger partial charge on any atom is 0.172 e. The largest absolute Gasteiger partial charge is 0.366 e. The lowest BCUT2D eigenvalue weighted by Crippen LogP contribution is -2.07. The highest BCUT2D eigenvalue weighted by Crippen LogP contribution is 2.30. The van der Waals surface area contributed by atoms with Crippen molar-refractivity contribution < 1.29 is 0 Å². The van der Waals surface area contributed by atoms with Crippen LogP contribution in [-0.4, -0.2) is 19.6 Å². The van der Waals surface area contributed by atoms with E-state index in [4.69, 9.17) is 16.6 Å². The zero-order chi connectivity index (χ0) is 17.2. The van der Waals surface area contributed by atoms with Crippen LogP contribution in [0.15, 0.2) is 65.5 Å². The molecule has 0 aliphatic carbocycles. The zero-order valence-corrected chi connectivity index (χ0v) is 15.4. The number of fused-ring (bicyclic) bond motifs is 1. The number of nitrogens with one attached hydrogen (secondary N) is 1. The number of anilines is 1. The Kier molecular flexibility index (Phi) is 4.38. The minimum atomic E-state index is 0.631. The van der Waals surface area contributed by atoms with E-state index in [0.29, 0.717) is 11.6 Å². The number of hydrogen-bond donors (Lipinski definition) is 1. The second-order valence-corrected chi connectivity index (χ2v) is 6.71. The van der Waals surface area contributed by atoms with E-state index >= 15 is 0 Å². The van der Waals surface area contributed by atoms with Crippen molar-refractivity contribution in [1.29, 1.82) is 0 Å². The summed E-state index contributed by atoms with van der Waals surface area (Å²) in [6, 6.07) is 13.5. The van der Waals surface area contributed by atoms with Crippen LogP contribution >= 0.6 is 27.5 Å². The normalized spacial score (nSPS) is 11.0. The molecule has 3 aromatic heterocycles. The van der Waals surface area contributed by atoms with Crippen LogP contribution in [0.25, 0.3) is 16.9 Å². The summed E-state index contributed by atoms with van der Waals surface area (Å²) in [7, 11) is 0. The van der Waals surface area contributed by atoms with Crippen LogP contribution < -0.4 is 5.32 Å². The van der Waals surface area contributed by atoms with Crippen LogP contribution in [0.1, 0.15) is 5.56 Å². The van der Waals surface area contributed by atoms with Crippen molar-refractivity contribution in [3.05, 3.63) is 76.1 Å². The van der Waals surface area contributed by atoms with Gasteiger partial charge in [-0.15, -0.1) is 0 Å². The fraction of sp³-hybridized carbons (Fsp3) is 0.0556. The lowest BCUT2D eigenvalue weighted by atomic mass is 10.1. The third-order valence-electron chi connectivity index (χ3n) is 3.77. The summed E-state index contributed by atoms with van der Waals surface area (Å²) in [6.45, 7) is 0.631. The summed E-state index contributed by atoms with van der Waals surface area (Å²) in [5.74, 6) is 0.828. The first kappa shape index (κ1) is 16.1. The van der Waals surface area contributed by atoms with Crippen LogP contribution in [0, 0.1) is 0 Å². The monoisotopic (exact) mass is 413 g/mol. The Morgan fingerprint density at radius 2 is 2.00 bits per heavy atom. The summed E-state index contributed by atoms with van der Waals surface area (Å²) < 4.78 is 2.59. The standard InChI is InChI=1S/C18H13BrClN5/c19-14-11-23-25-17(22-10-12-4-3-7-21-9-12)8-16(24-18(14)25)13-5-1-2-6-15(13)20/h1-9,11,22H,10H2. The van der Waals surface area contributed by atoms with Crippen LogP contribution in [0.4, 0.5) is 5.82 Å². The number of nitrogens with zero attached hydrogens (tertiary/aromatic N) is 4. The summed E-state index contributed by atoms with van der Waals surface area (Å²) in [5, 5.41) is 8.45.